The highest BCUT2D eigenvalue weighted by Crippen LogP contribution is 2.40. The Morgan fingerprint density at radius 1 is 1.45 bits per heavy atom. The molecule has 0 bridgehead atoms. The Morgan fingerprint density at radius 2 is 2.25 bits per heavy atom. The Balaban J connectivity index is 2.09. The van der Waals surface area contributed by atoms with Crippen molar-refractivity contribution in [2.24, 2.45) is 0 Å². The van der Waals surface area contributed by atoms with Crippen LogP contribution < -0.4 is 4.90 Å². The van der Waals surface area contributed by atoms with E-state index in [1.165, 1.54) is 17.2 Å². The lowest BCUT2D eigenvalue weighted by molar-refractivity contribution is -0.384. The summed E-state index contributed by atoms with van der Waals surface area (Å²) >= 11 is 3.25. The third-order valence-electron chi connectivity index (χ3n) is 3.18. The quantitative estimate of drug-likeness (QED) is 0.623. The Morgan fingerprint density at radius 3 is 2.90 bits per heavy atom. The van der Waals surface area contributed by atoms with Gasteiger partial charge in [0.05, 0.1) is 11.2 Å². The number of fused-ring (bicyclic) bond motifs is 1. The molecule has 0 saturated heterocycles. The van der Waals surface area contributed by atoms with Gasteiger partial charge in [-0.25, -0.2) is 0 Å². The van der Waals surface area contributed by atoms with Crippen LogP contribution in [0.1, 0.15) is 16.1 Å². The fourth-order valence-corrected chi connectivity index (χ4v) is 2.85. The Bertz CT molecular complexity index is 697. The molecule has 0 unspecified atom stereocenters. The van der Waals surface area contributed by atoms with Gasteiger partial charge in [-0.3, -0.25) is 19.8 Å². The van der Waals surface area contributed by atoms with E-state index in [1.807, 2.05) is 0 Å². The fraction of sp³-hybridized carbons (Fsp3) is 0.154. The Hall–Kier alpha value is -2.15. The predicted molar refractivity (Wildman–Crippen MR) is 74.9 cm³/mol. The number of carbonyl (C=O) groups excluding carboxylic acids is 1. The summed E-state index contributed by atoms with van der Waals surface area (Å²) in [7, 11) is 0. The SMILES string of the molecule is O=C(c1ccco1)N1CCc2cc(Br)cc([N+](=O)[O-])c21. The first-order chi connectivity index (χ1) is 9.58. The van der Waals surface area contributed by atoms with E-state index in [4.69, 9.17) is 4.42 Å². The van der Waals surface area contributed by atoms with Gasteiger partial charge in [0.1, 0.15) is 5.69 Å². The molecule has 2 heterocycles. The van der Waals surface area contributed by atoms with Crippen LogP contribution in [0.4, 0.5) is 11.4 Å². The average Bonchev–Trinajstić information content (AvgIpc) is 3.05. The second-order valence-corrected chi connectivity index (χ2v) is 5.29. The van der Waals surface area contributed by atoms with Crippen LogP contribution in [0.15, 0.2) is 39.4 Å². The van der Waals surface area contributed by atoms with Gasteiger partial charge in [0.25, 0.3) is 11.6 Å². The van der Waals surface area contributed by atoms with E-state index in [2.05, 4.69) is 15.9 Å². The van der Waals surface area contributed by atoms with Gasteiger partial charge < -0.3 is 4.42 Å². The predicted octanol–water partition coefficient (Wildman–Crippen LogP) is 3.15. The van der Waals surface area contributed by atoms with E-state index in [-0.39, 0.29) is 17.4 Å². The number of amides is 1. The summed E-state index contributed by atoms with van der Waals surface area (Å²) in [6.45, 7) is 0.409. The van der Waals surface area contributed by atoms with Gasteiger partial charge in [0.2, 0.25) is 0 Å². The number of anilines is 1. The third-order valence-corrected chi connectivity index (χ3v) is 3.64. The molecule has 1 amide bonds. The van der Waals surface area contributed by atoms with Crippen LogP contribution in [0.3, 0.4) is 0 Å². The smallest absolute Gasteiger partial charge is 0.294 e. The molecule has 1 aromatic heterocycles. The Kier molecular flexibility index (Phi) is 3.06. The second kappa shape index (κ2) is 4.75. The summed E-state index contributed by atoms with van der Waals surface area (Å²) in [5.74, 6) is -0.186. The van der Waals surface area contributed by atoms with Gasteiger partial charge in [-0.05, 0) is 30.2 Å². The lowest BCUT2D eigenvalue weighted by Crippen LogP contribution is -2.29. The van der Waals surface area contributed by atoms with Crippen LogP contribution in [-0.4, -0.2) is 17.4 Å². The van der Waals surface area contributed by atoms with Crippen molar-refractivity contribution in [1.82, 2.24) is 0 Å². The minimum atomic E-state index is -0.475. The number of nitro groups is 1. The van der Waals surface area contributed by atoms with Crippen molar-refractivity contribution < 1.29 is 14.1 Å². The van der Waals surface area contributed by atoms with Gasteiger partial charge in [-0.15, -0.1) is 0 Å². The first kappa shape index (κ1) is 12.9. The van der Waals surface area contributed by atoms with Gasteiger partial charge in [-0.2, -0.15) is 0 Å². The number of carbonyl (C=O) groups is 1. The number of hydrogen-bond acceptors (Lipinski definition) is 4. The highest BCUT2D eigenvalue weighted by molar-refractivity contribution is 9.10. The van der Waals surface area contributed by atoms with E-state index in [0.717, 1.165) is 5.56 Å². The van der Waals surface area contributed by atoms with Crippen molar-refractivity contribution in [2.45, 2.75) is 6.42 Å². The zero-order chi connectivity index (χ0) is 14.3. The summed E-state index contributed by atoms with van der Waals surface area (Å²) < 4.78 is 5.71. The molecule has 0 spiro atoms. The fourth-order valence-electron chi connectivity index (χ4n) is 2.36. The highest BCUT2D eigenvalue weighted by Gasteiger charge is 2.34. The maximum atomic E-state index is 12.3. The molecule has 0 saturated carbocycles. The summed E-state index contributed by atoms with van der Waals surface area (Å²) in [6.07, 6.45) is 1.99. The first-order valence-corrected chi connectivity index (χ1v) is 6.69. The van der Waals surface area contributed by atoms with E-state index < -0.39 is 4.92 Å². The van der Waals surface area contributed by atoms with Crippen LogP contribution in [0.2, 0.25) is 0 Å². The molecule has 1 aromatic carbocycles. The molecule has 1 aliphatic heterocycles. The molecule has 1 aliphatic rings. The van der Waals surface area contributed by atoms with Gasteiger partial charge in [-0.1, -0.05) is 15.9 Å². The lowest BCUT2D eigenvalue weighted by atomic mass is 10.1. The molecule has 2 aromatic rings. The van der Waals surface area contributed by atoms with Crippen molar-refractivity contribution in [2.75, 3.05) is 11.4 Å². The molecule has 20 heavy (non-hydrogen) atoms. The number of furan rings is 1. The zero-order valence-electron chi connectivity index (χ0n) is 10.2. The normalized spacial score (nSPS) is 13.3. The molecule has 7 heteroatoms. The third kappa shape index (κ3) is 2.00. The van der Waals surface area contributed by atoms with Gasteiger partial charge in [0.15, 0.2) is 5.76 Å². The number of rotatable bonds is 2. The lowest BCUT2D eigenvalue weighted by Gasteiger charge is -2.15. The van der Waals surface area contributed by atoms with Crippen molar-refractivity contribution in [3.05, 3.63) is 56.4 Å². The van der Waals surface area contributed by atoms with E-state index in [1.54, 1.807) is 18.2 Å². The molecule has 0 radical (unpaired) electrons. The van der Waals surface area contributed by atoms with Crippen LogP contribution in [0.25, 0.3) is 0 Å². The number of nitrogens with zero attached hydrogens (tertiary/aromatic N) is 2. The van der Waals surface area contributed by atoms with Crippen molar-refractivity contribution in [1.29, 1.82) is 0 Å². The van der Waals surface area contributed by atoms with E-state index in [9.17, 15) is 14.9 Å². The summed E-state index contributed by atoms with van der Waals surface area (Å²) in [4.78, 5) is 24.4. The minimum Gasteiger partial charge on any atom is -0.459 e. The van der Waals surface area contributed by atoms with Crippen molar-refractivity contribution >= 4 is 33.2 Å². The van der Waals surface area contributed by atoms with E-state index >= 15 is 0 Å². The molecular formula is C13H9BrN2O4. The monoisotopic (exact) mass is 336 g/mol. The molecule has 0 fully saturated rings. The zero-order valence-corrected chi connectivity index (χ0v) is 11.8. The first-order valence-electron chi connectivity index (χ1n) is 5.90. The maximum absolute atomic E-state index is 12.3. The Labute approximate surface area is 122 Å². The van der Waals surface area contributed by atoms with Gasteiger partial charge in [0, 0.05) is 17.1 Å². The summed E-state index contributed by atoms with van der Waals surface area (Å²) in [6, 6.07) is 6.37. The number of hydrogen-bond donors (Lipinski definition) is 0. The van der Waals surface area contributed by atoms with Crippen LogP contribution in [0.5, 0.6) is 0 Å². The van der Waals surface area contributed by atoms with Crippen LogP contribution in [0, 0.1) is 10.1 Å². The summed E-state index contributed by atoms with van der Waals surface area (Å²) in [5.41, 5.74) is 1.07. The molecule has 0 aliphatic carbocycles. The number of benzene rings is 1. The number of nitro benzene ring substituents is 1. The topological polar surface area (TPSA) is 76.6 Å². The minimum absolute atomic E-state index is 0.0771. The van der Waals surface area contributed by atoms with Crippen LogP contribution in [-0.2, 0) is 6.42 Å². The molecule has 0 N–H and O–H groups in total. The van der Waals surface area contributed by atoms with Gasteiger partial charge >= 0.3 is 0 Å². The number of halogens is 1. The molecule has 102 valence electrons. The molecular weight excluding hydrogens is 328 g/mol. The largest absolute Gasteiger partial charge is 0.459 e. The van der Waals surface area contributed by atoms with Crippen LogP contribution >= 0.6 is 15.9 Å². The average molecular weight is 337 g/mol. The highest BCUT2D eigenvalue weighted by atomic mass is 79.9. The van der Waals surface area contributed by atoms with Crippen molar-refractivity contribution in [3.63, 3.8) is 0 Å². The van der Waals surface area contributed by atoms with Crippen molar-refractivity contribution in [3.8, 4) is 0 Å². The maximum Gasteiger partial charge on any atom is 0.294 e. The molecule has 0 atom stereocenters. The molecule has 6 nitrogen and oxygen atoms in total. The van der Waals surface area contributed by atoms with E-state index in [0.29, 0.717) is 23.1 Å². The standard InChI is InChI=1S/C13H9BrN2O4/c14-9-6-8-3-4-15(12(8)10(7-9)16(18)19)13(17)11-2-1-5-20-11/h1-2,5-7H,3-4H2. The molecule has 3 rings (SSSR count). The second-order valence-electron chi connectivity index (χ2n) is 4.37. The summed E-state index contributed by atoms with van der Waals surface area (Å²) in [5, 5.41) is 11.2.